The Morgan fingerprint density at radius 3 is 0.483 bits per heavy atom. The third-order valence-electron chi connectivity index (χ3n) is 12.3. The quantitative estimate of drug-likeness (QED) is 0.0470. The molecule has 0 aliphatic heterocycles. The van der Waals surface area contributed by atoms with Gasteiger partial charge in [-0.05, 0) is 18.3 Å². The number of methoxy groups -OCH3 is 2. The zero-order chi connectivity index (χ0) is 61.9. The number of hydrogen-bond donors (Lipinski definition) is 0. The van der Waals surface area contributed by atoms with Gasteiger partial charge >= 0.3 is 11.9 Å². The smallest absolute Gasteiger partial charge is 0.310 e. The molecule has 28 heteroatoms. The maximum atomic E-state index is 13.1. The van der Waals surface area contributed by atoms with Crippen molar-refractivity contribution in [2.45, 2.75) is 6.42 Å². The van der Waals surface area contributed by atoms with Crippen LogP contribution in [0.15, 0.2) is 12.2 Å². The maximum absolute atomic E-state index is 13.1. The normalized spacial score (nSPS) is 16.3. The number of allylic oxidation sites excluding steroid dienone is 2. The van der Waals surface area contributed by atoms with Gasteiger partial charge in [0.25, 0.3) is 0 Å². The molecule has 0 aromatic heterocycles. The molecule has 0 aromatic carbocycles. The average molecular weight is 1270 g/mol. The van der Waals surface area contributed by atoms with Crippen molar-refractivity contribution in [1.29, 1.82) is 0 Å². The van der Waals surface area contributed by atoms with Gasteiger partial charge in [0.15, 0.2) is 0 Å². The Labute approximate surface area is 516 Å². The number of hydrogen-bond acceptors (Lipinski definition) is 28. The summed E-state index contributed by atoms with van der Waals surface area (Å²) in [6.45, 7) is 21.5. The van der Waals surface area contributed by atoms with Crippen LogP contribution in [-0.4, -0.2) is 343 Å². The van der Waals surface area contributed by atoms with Crippen molar-refractivity contribution in [3.63, 3.8) is 0 Å². The van der Waals surface area contributed by atoms with Crippen LogP contribution in [0.3, 0.4) is 0 Å². The first-order valence-electron chi connectivity index (χ1n) is 30.9. The van der Waals surface area contributed by atoms with E-state index in [-0.39, 0.29) is 38.3 Å². The molecule has 87 heavy (non-hydrogen) atoms. The molecule has 1 saturated carbocycles. The van der Waals surface area contributed by atoms with E-state index in [0.717, 1.165) is 6.42 Å². The van der Waals surface area contributed by atoms with E-state index in [4.69, 9.17) is 123 Å². The van der Waals surface area contributed by atoms with E-state index in [0.29, 0.717) is 291 Å². The Morgan fingerprint density at radius 2 is 0.345 bits per heavy atom. The zero-order valence-electron chi connectivity index (χ0n) is 52.5. The number of carbonyl (C=O) groups excluding carboxylic acids is 2. The second-order valence-electron chi connectivity index (χ2n) is 18.8. The van der Waals surface area contributed by atoms with E-state index >= 15 is 0 Å². The summed E-state index contributed by atoms with van der Waals surface area (Å²) in [7, 11) is 3.28. The molecule has 0 radical (unpaired) electrons. The van der Waals surface area contributed by atoms with E-state index < -0.39 is 23.8 Å². The lowest BCUT2D eigenvalue weighted by Gasteiger charge is -2.25. The van der Waals surface area contributed by atoms with Crippen molar-refractivity contribution in [2.24, 2.45) is 23.7 Å². The summed E-state index contributed by atoms with van der Waals surface area (Å²) in [6.07, 6.45) is 4.70. The van der Waals surface area contributed by atoms with Crippen LogP contribution in [0, 0.1) is 23.7 Å². The third kappa shape index (κ3) is 53.0. The number of rotatable bonds is 74. The van der Waals surface area contributed by atoms with Gasteiger partial charge in [0, 0.05) is 14.2 Å². The Morgan fingerprint density at radius 1 is 0.218 bits per heavy atom. The first-order valence-corrected chi connectivity index (χ1v) is 30.9. The molecule has 0 saturated heterocycles. The highest BCUT2D eigenvalue weighted by molar-refractivity contribution is 5.84. The Bertz CT molecular complexity index is 1360. The second-order valence-corrected chi connectivity index (χ2v) is 18.8. The number of carbonyl (C=O) groups is 2. The predicted molar refractivity (Wildman–Crippen MR) is 311 cm³/mol. The number of ether oxygens (including phenoxy) is 26. The molecule has 0 aromatic rings. The van der Waals surface area contributed by atoms with Crippen molar-refractivity contribution in [2.75, 3.05) is 331 Å². The predicted octanol–water partition coefficient (Wildman–Crippen LogP) is 1.17. The van der Waals surface area contributed by atoms with Gasteiger partial charge in [-0.15, -0.1) is 0 Å². The van der Waals surface area contributed by atoms with Crippen LogP contribution in [-0.2, 0) is 133 Å². The van der Waals surface area contributed by atoms with Crippen LogP contribution >= 0.6 is 0 Å². The van der Waals surface area contributed by atoms with Gasteiger partial charge in [0.05, 0.1) is 316 Å². The molecule has 2 bridgehead atoms. The number of fused-ring (bicyclic) bond motifs is 2. The molecule has 0 heterocycles. The zero-order valence-corrected chi connectivity index (χ0v) is 52.5. The van der Waals surface area contributed by atoms with Crippen LogP contribution < -0.4 is 0 Å². The summed E-state index contributed by atoms with van der Waals surface area (Å²) in [5, 5.41) is 0. The van der Waals surface area contributed by atoms with Crippen molar-refractivity contribution in [3.8, 4) is 0 Å². The molecule has 2 aliphatic carbocycles. The summed E-state index contributed by atoms with van der Waals surface area (Å²) in [5.74, 6) is -2.13. The van der Waals surface area contributed by atoms with Crippen molar-refractivity contribution < 1.29 is 133 Å². The molecule has 2 rings (SSSR count). The van der Waals surface area contributed by atoms with Gasteiger partial charge in [-0.3, -0.25) is 9.59 Å². The first-order chi connectivity index (χ1) is 43.2. The van der Waals surface area contributed by atoms with Crippen LogP contribution in [0.4, 0.5) is 0 Å². The van der Waals surface area contributed by atoms with E-state index in [1.54, 1.807) is 14.2 Å². The number of esters is 2. The average Bonchev–Trinajstić information content (AvgIpc) is 1.84. The minimum Gasteiger partial charge on any atom is -0.463 e. The van der Waals surface area contributed by atoms with Crippen LogP contribution in [0.25, 0.3) is 0 Å². The highest BCUT2D eigenvalue weighted by Gasteiger charge is 2.53. The van der Waals surface area contributed by atoms with Crippen molar-refractivity contribution in [1.82, 2.24) is 0 Å². The first kappa shape index (κ1) is 80.8. The van der Waals surface area contributed by atoms with Crippen molar-refractivity contribution >= 4 is 11.9 Å². The SMILES string of the molecule is COCCOCCOCCOCCOCCOCCOCCOCCOCCOCCOCCOCCOC(=O)C1C(C(=O)OCCOCCOCCOCCOCCOCCOCCOCCOCCOCCOCCOCCOC)[C@H]2C=C[C@@H]1C2. The van der Waals surface area contributed by atoms with E-state index in [1.807, 2.05) is 12.2 Å². The summed E-state index contributed by atoms with van der Waals surface area (Å²) in [5.41, 5.74) is 0. The molecule has 2 aliphatic rings. The van der Waals surface area contributed by atoms with E-state index in [9.17, 15) is 9.59 Å². The minimum atomic E-state index is -0.587. The lowest BCUT2D eigenvalue weighted by atomic mass is 9.83. The fourth-order valence-electron chi connectivity index (χ4n) is 7.95. The molecule has 2 unspecified atom stereocenters. The Hall–Kier alpha value is -2.28. The van der Waals surface area contributed by atoms with E-state index in [1.165, 1.54) is 0 Å². The van der Waals surface area contributed by atoms with Crippen LogP contribution in [0.2, 0.25) is 0 Å². The highest BCUT2D eigenvalue weighted by atomic mass is 16.6. The molecule has 28 nitrogen and oxygen atoms in total. The van der Waals surface area contributed by atoms with E-state index in [2.05, 4.69) is 0 Å². The fraction of sp³-hybridized carbons (Fsp3) is 0.932. The molecule has 0 amide bonds. The summed E-state index contributed by atoms with van der Waals surface area (Å²) >= 11 is 0. The molecule has 4 atom stereocenters. The van der Waals surface area contributed by atoms with Gasteiger partial charge in [0.1, 0.15) is 13.2 Å². The lowest BCUT2D eigenvalue weighted by Crippen LogP contribution is -2.36. The molecule has 1 fully saturated rings. The van der Waals surface area contributed by atoms with Crippen molar-refractivity contribution in [3.05, 3.63) is 12.2 Å². The van der Waals surface area contributed by atoms with Gasteiger partial charge in [-0.2, -0.15) is 0 Å². The molecule has 514 valence electrons. The van der Waals surface area contributed by atoms with Gasteiger partial charge in [0.2, 0.25) is 0 Å². The molecule has 0 spiro atoms. The summed E-state index contributed by atoms with van der Waals surface area (Å²) < 4.78 is 142. The van der Waals surface area contributed by atoms with Gasteiger partial charge in [-0.25, -0.2) is 0 Å². The molecule has 0 N–H and O–H groups in total. The minimum absolute atomic E-state index is 0.0572. The van der Waals surface area contributed by atoms with Crippen LogP contribution in [0.1, 0.15) is 6.42 Å². The standard InChI is InChI=1S/C59H110O28/c1-62-5-7-64-9-11-66-13-15-68-17-19-70-21-23-72-25-27-74-29-31-76-33-35-78-37-39-80-41-43-82-45-47-84-49-51-86-58(60)56-54-3-4-55(53-54)57(56)59(61)87-52-50-85-48-46-83-44-42-81-40-38-79-36-34-77-32-30-75-28-26-73-24-22-71-20-18-69-16-14-67-12-10-65-8-6-63-2/h3-4,54-57H,5-53H2,1-2H3/t54-,55+,56?,57?. The molecular weight excluding hydrogens is 1160 g/mol. The lowest BCUT2D eigenvalue weighted by molar-refractivity contribution is -0.163. The summed E-state index contributed by atoms with van der Waals surface area (Å²) in [4.78, 5) is 26.2. The van der Waals surface area contributed by atoms with Gasteiger partial charge in [-0.1, -0.05) is 12.2 Å². The Kier molecular flexibility index (Phi) is 61.9. The maximum Gasteiger partial charge on any atom is 0.310 e. The van der Waals surface area contributed by atoms with Gasteiger partial charge < -0.3 is 123 Å². The third-order valence-corrected chi connectivity index (χ3v) is 12.3. The summed E-state index contributed by atoms with van der Waals surface area (Å²) in [6, 6.07) is 0. The van der Waals surface area contributed by atoms with Crippen LogP contribution in [0.5, 0.6) is 0 Å². The topological polar surface area (TPSA) is 274 Å². The highest BCUT2D eigenvalue weighted by Crippen LogP contribution is 2.49. The largest absolute Gasteiger partial charge is 0.463 e. The fourth-order valence-corrected chi connectivity index (χ4v) is 7.95. The monoisotopic (exact) mass is 1270 g/mol. The molecular formula is C59H110O28. The second kappa shape index (κ2) is 66.6. The Balaban J connectivity index is 1.24.